The third-order valence-electron chi connectivity index (χ3n) is 3.80. The Labute approximate surface area is 145 Å². The van der Waals surface area contributed by atoms with Gasteiger partial charge in [0.25, 0.3) is 0 Å². The van der Waals surface area contributed by atoms with Crippen LogP contribution in [0.2, 0.25) is 0 Å². The predicted octanol–water partition coefficient (Wildman–Crippen LogP) is 3.47. The number of aliphatic hydroxyl groups is 1. The van der Waals surface area contributed by atoms with Crippen molar-refractivity contribution in [3.63, 3.8) is 0 Å². The average molecular weight is 346 g/mol. The van der Waals surface area contributed by atoms with E-state index >= 15 is 0 Å². The fourth-order valence-electron chi connectivity index (χ4n) is 2.29. The van der Waals surface area contributed by atoms with Crippen LogP contribution in [0.15, 0.2) is 42.5 Å². The number of nitriles is 1. The van der Waals surface area contributed by atoms with Gasteiger partial charge in [0.1, 0.15) is 11.8 Å². The molecule has 0 bridgehead atoms. The molecule has 2 aromatic rings. The molecule has 0 amide bonds. The molecule has 0 aliphatic rings. The molecule has 2 N–H and O–H groups in total. The molecule has 0 heterocycles. The van der Waals surface area contributed by atoms with Gasteiger partial charge in [0.05, 0.1) is 6.10 Å². The van der Waals surface area contributed by atoms with Crippen molar-refractivity contribution in [3.8, 4) is 11.8 Å². The summed E-state index contributed by atoms with van der Waals surface area (Å²) in [5.41, 5.74) is 1.27. The van der Waals surface area contributed by atoms with E-state index in [-0.39, 0.29) is 6.04 Å². The highest BCUT2D eigenvalue weighted by molar-refractivity contribution is 5.28. The van der Waals surface area contributed by atoms with Gasteiger partial charge < -0.3 is 15.2 Å². The van der Waals surface area contributed by atoms with E-state index in [2.05, 4.69) is 5.32 Å². The minimum absolute atomic E-state index is 0.313. The maximum absolute atomic E-state index is 13.3. The molecule has 2 aromatic carbocycles. The number of rotatable bonds is 7. The molecular weight excluding hydrogens is 326 g/mol. The number of halogens is 2. The molecule has 4 nitrogen and oxygen atoms in total. The van der Waals surface area contributed by atoms with Crippen molar-refractivity contribution in [2.45, 2.75) is 38.6 Å². The summed E-state index contributed by atoms with van der Waals surface area (Å²) in [5.74, 6) is -1.32. The largest absolute Gasteiger partial charge is 0.476 e. The summed E-state index contributed by atoms with van der Waals surface area (Å²) in [6.07, 6.45) is -1.48. The quantitative estimate of drug-likeness (QED) is 0.806. The highest BCUT2D eigenvalue weighted by Crippen LogP contribution is 2.20. The zero-order valence-electron chi connectivity index (χ0n) is 14.0. The fourth-order valence-corrected chi connectivity index (χ4v) is 2.29. The normalized spacial score (nSPS) is 14.4. The van der Waals surface area contributed by atoms with Gasteiger partial charge in [-0.1, -0.05) is 18.2 Å². The Morgan fingerprint density at radius 3 is 2.40 bits per heavy atom. The minimum atomic E-state index is -0.981. The van der Waals surface area contributed by atoms with Crippen LogP contribution in [0.5, 0.6) is 5.75 Å². The summed E-state index contributed by atoms with van der Waals surface area (Å²) in [7, 11) is 0. The molecule has 3 atom stereocenters. The summed E-state index contributed by atoms with van der Waals surface area (Å²) < 4.78 is 31.6. The third-order valence-corrected chi connectivity index (χ3v) is 3.80. The molecule has 132 valence electrons. The molecule has 0 aromatic heterocycles. The Balaban J connectivity index is 1.91. The Morgan fingerprint density at radius 1 is 1.12 bits per heavy atom. The standard InChI is InChI=1S/C19H20F2N2O2/c1-12(10-22)25-16-6-3-14(4-7-16)11-23-13(2)19(24)15-5-8-17(20)18(21)9-15/h3-9,12-13,19,23-24H,11H2,1-2H3. The van der Waals surface area contributed by atoms with Crippen molar-refractivity contribution in [2.75, 3.05) is 0 Å². The first-order valence-electron chi connectivity index (χ1n) is 7.92. The summed E-state index contributed by atoms with van der Waals surface area (Å²) >= 11 is 0. The summed E-state index contributed by atoms with van der Waals surface area (Å²) in [5, 5.41) is 22.1. The van der Waals surface area contributed by atoms with Crippen molar-refractivity contribution in [1.82, 2.24) is 5.32 Å². The highest BCUT2D eigenvalue weighted by atomic mass is 19.2. The van der Waals surface area contributed by atoms with Crippen LogP contribution in [0.3, 0.4) is 0 Å². The predicted molar refractivity (Wildman–Crippen MR) is 89.8 cm³/mol. The summed E-state index contributed by atoms with van der Waals surface area (Å²) in [6, 6.07) is 12.2. The lowest BCUT2D eigenvalue weighted by atomic mass is 10.0. The number of ether oxygens (including phenoxy) is 1. The van der Waals surface area contributed by atoms with Crippen LogP contribution < -0.4 is 10.1 Å². The van der Waals surface area contributed by atoms with Crippen molar-refractivity contribution in [2.24, 2.45) is 0 Å². The number of aliphatic hydroxyl groups excluding tert-OH is 1. The van der Waals surface area contributed by atoms with Crippen LogP contribution in [0.25, 0.3) is 0 Å². The molecule has 0 radical (unpaired) electrons. The maximum Gasteiger partial charge on any atom is 0.181 e. The lowest BCUT2D eigenvalue weighted by molar-refractivity contribution is 0.135. The lowest BCUT2D eigenvalue weighted by Gasteiger charge is -2.21. The molecule has 6 heteroatoms. The van der Waals surface area contributed by atoms with E-state index in [0.717, 1.165) is 17.7 Å². The van der Waals surface area contributed by atoms with Gasteiger partial charge in [0, 0.05) is 12.6 Å². The van der Waals surface area contributed by atoms with Crippen molar-refractivity contribution < 1.29 is 18.6 Å². The van der Waals surface area contributed by atoms with Gasteiger partial charge in [-0.15, -0.1) is 0 Å². The monoisotopic (exact) mass is 346 g/mol. The molecule has 0 spiro atoms. The van der Waals surface area contributed by atoms with E-state index in [0.29, 0.717) is 17.9 Å². The zero-order chi connectivity index (χ0) is 18.4. The van der Waals surface area contributed by atoms with E-state index < -0.39 is 23.8 Å². The van der Waals surface area contributed by atoms with Gasteiger partial charge in [0.15, 0.2) is 17.7 Å². The van der Waals surface area contributed by atoms with Crippen LogP contribution >= 0.6 is 0 Å². The first kappa shape index (κ1) is 18.8. The van der Waals surface area contributed by atoms with Crippen LogP contribution in [0.4, 0.5) is 8.78 Å². The Kier molecular flexibility index (Phi) is 6.45. The summed E-state index contributed by atoms with van der Waals surface area (Å²) in [6.45, 7) is 3.91. The first-order chi connectivity index (χ1) is 11.9. The van der Waals surface area contributed by atoms with E-state index in [4.69, 9.17) is 10.00 Å². The first-order valence-corrected chi connectivity index (χ1v) is 7.92. The third kappa shape index (κ3) is 5.24. The lowest BCUT2D eigenvalue weighted by Crippen LogP contribution is -2.31. The second-order valence-corrected chi connectivity index (χ2v) is 5.82. The molecule has 2 rings (SSSR count). The molecule has 0 saturated heterocycles. The van der Waals surface area contributed by atoms with Gasteiger partial charge in [-0.2, -0.15) is 5.26 Å². The number of nitrogens with zero attached hydrogens (tertiary/aromatic N) is 1. The number of nitrogens with one attached hydrogen (secondary N) is 1. The second kappa shape index (κ2) is 8.56. The maximum atomic E-state index is 13.3. The van der Waals surface area contributed by atoms with Gasteiger partial charge in [-0.3, -0.25) is 0 Å². The van der Waals surface area contributed by atoms with Gasteiger partial charge >= 0.3 is 0 Å². The SMILES string of the molecule is CC(C#N)Oc1ccc(CNC(C)C(O)c2ccc(F)c(F)c2)cc1. The summed E-state index contributed by atoms with van der Waals surface area (Å²) in [4.78, 5) is 0. The topological polar surface area (TPSA) is 65.3 Å². The zero-order valence-corrected chi connectivity index (χ0v) is 14.0. The Bertz CT molecular complexity index is 744. The molecule has 25 heavy (non-hydrogen) atoms. The van der Waals surface area contributed by atoms with E-state index in [1.807, 2.05) is 18.2 Å². The van der Waals surface area contributed by atoms with E-state index in [1.54, 1.807) is 26.0 Å². The van der Waals surface area contributed by atoms with Gasteiger partial charge in [-0.05, 0) is 49.2 Å². The number of benzene rings is 2. The number of hydrogen-bond donors (Lipinski definition) is 2. The van der Waals surface area contributed by atoms with Crippen LogP contribution in [0, 0.1) is 23.0 Å². The van der Waals surface area contributed by atoms with Crippen LogP contribution in [0.1, 0.15) is 31.1 Å². The highest BCUT2D eigenvalue weighted by Gasteiger charge is 2.17. The second-order valence-electron chi connectivity index (χ2n) is 5.82. The van der Waals surface area contributed by atoms with Crippen LogP contribution in [-0.4, -0.2) is 17.3 Å². The minimum Gasteiger partial charge on any atom is -0.476 e. The Hall–Kier alpha value is -2.49. The molecule has 0 saturated carbocycles. The van der Waals surface area contributed by atoms with Gasteiger partial charge in [0.2, 0.25) is 0 Å². The Morgan fingerprint density at radius 2 is 1.80 bits per heavy atom. The van der Waals surface area contributed by atoms with Crippen LogP contribution in [-0.2, 0) is 6.54 Å². The molecule has 0 aliphatic heterocycles. The molecule has 0 fully saturated rings. The van der Waals surface area contributed by atoms with Gasteiger partial charge in [-0.25, -0.2) is 8.78 Å². The molecule has 0 aliphatic carbocycles. The molecular formula is C19H20F2N2O2. The van der Waals surface area contributed by atoms with Crippen molar-refractivity contribution in [3.05, 3.63) is 65.2 Å². The number of hydrogen-bond acceptors (Lipinski definition) is 4. The van der Waals surface area contributed by atoms with Crippen molar-refractivity contribution in [1.29, 1.82) is 5.26 Å². The van der Waals surface area contributed by atoms with Crippen molar-refractivity contribution >= 4 is 0 Å². The van der Waals surface area contributed by atoms with E-state index in [9.17, 15) is 13.9 Å². The molecule has 3 unspecified atom stereocenters. The smallest absolute Gasteiger partial charge is 0.181 e. The average Bonchev–Trinajstić information content (AvgIpc) is 2.62. The van der Waals surface area contributed by atoms with E-state index in [1.165, 1.54) is 6.07 Å². The fraction of sp³-hybridized carbons (Fsp3) is 0.316.